The van der Waals surface area contributed by atoms with E-state index in [0.717, 1.165) is 0 Å². The normalized spacial score (nSPS) is 12.9. The highest BCUT2D eigenvalue weighted by molar-refractivity contribution is 9.10. The van der Waals surface area contributed by atoms with Gasteiger partial charge in [0, 0.05) is 12.5 Å². The summed E-state index contributed by atoms with van der Waals surface area (Å²) >= 11 is 3.08. The van der Waals surface area contributed by atoms with Gasteiger partial charge in [-0.2, -0.15) is 0 Å². The van der Waals surface area contributed by atoms with E-state index in [-0.39, 0.29) is 24.1 Å². The van der Waals surface area contributed by atoms with Crippen LogP contribution in [0.5, 0.6) is 0 Å². The average molecular weight is 288 g/mol. The number of hydrogen-bond donors (Lipinski definition) is 1. The summed E-state index contributed by atoms with van der Waals surface area (Å²) in [5.41, 5.74) is 6.22. The molecule has 0 saturated carbocycles. The van der Waals surface area contributed by atoms with Crippen LogP contribution in [0.25, 0.3) is 0 Å². The van der Waals surface area contributed by atoms with Gasteiger partial charge in [0.25, 0.3) is 0 Å². The van der Waals surface area contributed by atoms with E-state index in [1.54, 1.807) is 12.1 Å². The van der Waals surface area contributed by atoms with Crippen LogP contribution in [0, 0.1) is 11.7 Å². The summed E-state index contributed by atoms with van der Waals surface area (Å²) in [6, 6.07) is 4.69. The Kier molecular flexibility index (Phi) is 4.62. The van der Waals surface area contributed by atoms with E-state index in [4.69, 9.17) is 5.73 Å². The number of rotatable bonds is 4. The van der Waals surface area contributed by atoms with E-state index in [1.165, 1.54) is 6.07 Å². The molecule has 0 aromatic heterocycles. The van der Waals surface area contributed by atoms with Crippen molar-refractivity contribution in [3.8, 4) is 0 Å². The van der Waals surface area contributed by atoms with Crippen LogP contribution in [-0.4, -0.2) is 12.3 Å². The Bertz CT molecular complexity index is 393. The van der Waals surface area contributed by atoms with Crippen LogP contribution in [0.1, 0.15) is 25.3 Å². The maximum absolute atomic E-state index is 13.3. The summed E-state index contributed by atoms with van der Waals surface area (Å²) in [4.78, 5) is 11.9. The molecule has 0 saturated heterocycles. The van der Waals surface area contributed by atoms with Crippen molar-refractivity contribution in [1.82, 2.24) is 0 Å². The lowest BCUT2D eigenvalue weighted by atomic mass is 9.89. The highest BCUT2D eigenvalue weighted by atomic mass is 79.9. The maximum atomic E-state index is 13.3. The highest BCUT2D eigenvalue weighted by Crippen LogP contribution is 2.24. The second-order valence-corrected chi connectivity index (χ2v) is 4.87. The second kappa shape index (κ2) is 5.55. The van der Waals surface area contributed by atoms with Gasteiger partial charge in [-0.15, -0.1) is 0 Å². The number of carbonyl (C=O) groups excluding carboxylic acids is 1. The predicted molar refractivity (Wildman–Crippen MR) is 65.7 cm³/mol. The topological polar surface area (TPSA) is 43.1 Å². The van der Waals surface area contributed by atoms with E-state index >= 15 is 0 Å². The summed E-state index contributed by atoms with van der Waals surface area (Å²) < 4.78 is 13.7. The van der Waals surface area contributed by atoms with E-state index in [2.05, 4.69) is 15.9 Å². The van der Waals surface area contributed by atoms with Crippen molar-refractivity contribution < 1.29 is 9.18 Å². The van der Waals surface area contributed by atoms with Gasteiger partial charge in [-0.1, -0.05) is 19.9 Å². The zero-order chi connectivity index (χ0) is 12.3. The van der Waals surface area contributed by atoms with Crippen molar-refractivity contribution in [2.24, 2.45) is 11.7 Å². The Hall–Kier alpha value is -0.740. The van der Waals surface area contributed by atoms with Crippen LogP contribution in [0.15, 0.2) is 22.7 Å². The molecular weight excluding hydrogens is 273 g/mol. The van der Waals surface area contributed by atoms with Gasteiger partial charge in [-0.3, -0.25) is 4.79 Å². The Morgan fingerprint density at radius 3 is 2.56 bits per heavy atom. The lowest BCUT2D eigenvalue weighted by Gasteiger charge is -2.16. The molecule has 1 atom stereocenters. The number of nitrogens with two attached hydrogens (primary N) is 1. The van der Waals surface area contributed by atoms with Crippen molar-refractivity contribution >= 4 is 21.7 Å². The molecule has 1 rings (SSSR count). The minimum atomic E-state index is -0.414. The zero-order valence-corrected chi connectivity index (χ0v) is 10.9. The van der Waals surface area contributed by atoms with E-state index in [1.807, 2.05) is 13.8 Å². The minimum absolute atomic E-state index is 0.0456. The Morgan fingerprint density at radius 1 is 1.50 bits per heavy atom. The molecule has 0 aliphatic heterocycles. The molecule has 0 bridgehead atoms. The van der Waals surface area contributed by atoms with Gasteiger partial charge in [0.1, 0.15) is 11.6 Å². The Balaban J connectivity index is 3.04. The van der Waals surface area contributed by atoms with Gasteiger partial charge < -0.3 is 5.73 Å². The number of carbonyl (C=O) groups is 1. The van der Waals surface area contributed by atoms with Crippen LogP contribution < -0.4 is 5.73 Å². The van der Waals surface area contributed by atoms with Gasteiger partial charge in [0.2, 0.25) is 0 Å². The predicted octanol–water partition coefficient (Wildman–Crippen LogP) is 2.86. The van der Waals surface area contributed by atoms with Crippen molar-refractivity contribution in [2.75, 3.05) is 6.54 Å². The van der Waals surface area contributed by atoms with Crippen LogP contribution in [0.3, 0.4) is 0 Å². The van der Waals surface area contributed by atoms with Crippen LogP contribution in [0.2, 0.25) is 0 Å². The molecule has 88 valence electrons. The average Bonchev–Trinajstić information content (AvgIpc) is 2.24. The van der Waals surface area contributed by atoms with Gasteiger partial charge in [0.05, 0.1) is 10.4 Å². The van der Waals surface area contributed by atoms with Gasteiger partial charge in [0.15, 0.2) is 0 Å². The first-order valence-corrected chi connectivity index (χ1v) is 5.95. The summed E-state index contributed by atoms with van der Waals surface area (Å²) in [6.07, 6.45) is 0. The molecule has 4 heteroatoms. The van der Waals surface area contributed by atoms with Crippen molar-refractivity contribution in [2.45, 2.75) is 19.8 Å². The van der Waals surface area contributed by atoms with Gasteiger partial charge in [-0.05, 0) is 33.6 Å². The second-order valence-electron chi connectivity index (χ2n) is 4.02. The molecule has 2 N–H and O–H groups in total. The molecule has 2 nitrogen and oxygen atoms in total. The largest absolute Gasteiger partial charge is 0.329 e. The Labute approximate surface area is 103 Å². The molecule has 0 aliphatic rings. The summed E-state index contributed by atoms with van der Waals surface area (Å²) in [6.45, 7) is 3.85. The fourth-order valence-corrected chi connectivity index (χ4v) is 1.79. The highest BCUT2D eigenvalue weighted by Gasteiger charge is 2.22. The molecule has 1 aromatic rings. The molecule has 0 spiro atoms. The number of ketones is 1. The number of Topliss-reactive ketones (excluding diaryl/α,β-unsaturated/α-hetero) is 1. The van der Waals surface area contributed by atoms with Crippen LogP contribution in [0.4, 0.5) is 4.39 Å². The minimum Gasteiger partial charge on any atom is -0.329 e. The van der Waals surface area contributed by atoms with Crippen LogP contribution >= 0.6 is 15.9 Å². The van der Waals surface area contributed by atoms with E-state index in [9.17, 15) is 9.18 Å². The van der Waals surface area contributed by atoms with Crippen molar-refractivity contribution in [1.29, 1.82) is 0 Å². The van der Waals surface area contributed by atoms with Crippen molar-refractivity contribution in [3.63, 3.8) is 0 Å². The Morgan fingerprint density at radius 2 is 2.12 bits per heavy atom. The maximum Gasteiger partial charge on any atom is 0.144 e. The summed E-state index contributed by atoms with van der Waals surface area (Å²) in [5, 5.41) is 0. The molecule has 0 aliphatic carbocycles. The standard InChI is InChI=1S/C12H15BrFNO/c1-7(2)12(16)9(6-15)8-3-4-10(13)11(14)5-8/h3-5,7,9H,6,15H2,1-2H3/t9-/m1/s1. The number of halogens is 2. The fraction of sp³-hybridized carbons (Fsp3) is 0.417. The number of hydrogen-bond acceptors (Lipinski definition) is 2. The molecule has 0 amide bonds. The zero-order valence-electron chi connectivity index (χ0n) is 9.34. The third-order valence-electron chi connectivity index (χ3n) is 2.49. The van der Waals surface area contributed by atoms with Gasteiger partial charge in [-0.25, -0.2) is 4.39 Å². The molecular formula is C12H15BrFNO. The molecule has 0 radical (unpaired) electrons. The lowest BCUT2D eigenvalue weighted by molar-refractivity contribution is -0.123. The van der Waals surface area contributed by atoms with E-state index in [0.29, 0.717) is 10.0 Å². The van der Waals surface area contributed by atoms with Crippen LogP contribution in [-0.2, 0) is 4.79 Å². The molecule has 0 unspecified atom stereocenters. The smallest absolute Gasteiger partial charge is 0.144 e. The van der Waals surface area contributed by atoms with E-state index < -0.39 is 5.92 Å². The first kappa shape index (κ1) is 13.3. The third-order valence-corrected chi connectivity index (χ3v) is 3.14. The SMILES string of the molecule is CC(C)C(=O)[C@H](CN)c1ccc(Br)c(F)c1. The fourth-order valence-electron chi connectivity index (χ4n) is 1.55. The molecule has 0 fully saturated rings. The van der Waals surface area contributed by atoms with Gasteiger partial charge >= 0.3 is 0 Å². The summed E-state index contributed by atoms with van der Waals surface area (Å²) in [5.74, 6) is -0.834. The monoisotopic (exact) mass is 287 g/mol. The quantitative estimate of drug-likeness (QED) is 0.925. The van der Waals surface area contributed by atoms with Crippen molar-refractivity contribution in [3.05, 3.63) is 34.1 Å². The number of benzene rings is 1. The lowest BCUT2D eigenvalue weighted by Crippen LogP contribution is -2.25. The first-order valence-electron chi connectivity index (χ1n) is 5.16. The molecule has 16 heavy (non-hydrogen) atoms. The first-order chi connectivity index (χ1) is 7.47. The molecule has 0 heterocycles. The molecule has 1 aromatic carbocycles. The third kappa shape index (κ3) is 2.89. The summed E-state index contributed by atoms with van der Waals surface area (Å²) in [7, 11) is 0.